The van der Waals surface area contributed by atoms with Crippen LogP contribution < -0.4 is 15.4 Å². The molecular formula is C21H26ClFN2O2. The van der Waals surface area contributed by atoms with E-state index in [0.29, 0.717) is 23.8 Å². The molecule has 1 atom stereocenters. The number of ether oxygens (including phenoxy) is 1. The van der Waals surface area contributed by atoms with E-state index in [1.807, 2.05) is 12.1 Å². The lowest BCUT2D eigenvalue weighted by atomic mass is 9.96. The van der Waals surface area contributed by atoms with Gasteiger partial charge in [-0.3, -0.25) is 4.79 Å². The summed E-state index contributed by atoms with van der Waals surface area (Å²) in [5, 5.41) is 6.39. The molecule has 0 aromatic heterocycles. The van der Waals surface area contributed by atoms with Gasteiger partial charge < -0.3 is 15.4 Å². The van der Waals surface area contributed by atoms with Crippen molar-refractivity contribution in [3.63, 3.8) is 0 Å². The van der Waals surface area contributed by atoms with Gasteiger partial charge in [-0.15, -0.1) is 12.4 Å². The average Bonchev–Trinajstić information content (AvgIpc) is 2.68. The molecule has 3 rings (SSSR count). The minimum absolute atomic E-state index is 0. The van der Waals surface area contributed by atoms with Gasteiger partial charge in [0, 0.05) is 6.54 Å². The van der Waals surface area contributed by atoms with E-state index in [0.717, 1.165) is 25.1 Å². The Balaban J connectivity index is 0.00000261. The lowest BCUT2D eigenvalue weighted by Gasteiger charge is -2.22. The number of amides is 1. The maximum atomic E-state index is 13.0. The molecule has 0 spiro atoms. The average molecular weight is 393 g/mol. The maximum Gasteiger partial charge on any atom is 0.255 e. The lowest BCUT2D eigenvalue weighted by molar-refractivity contribution is 0.0946. The number of benzene rings is 2. The van der Waals surface area contributed by atoms with E-state index in [1.165, 1.54) is 25.0 Å². The third kappa shape index (κ3) is 6.52. The van der Waals surface area contributed by atoms with E-state index in [9.17, 15) is 9.18 Å². The van der Waals surface area contributed by atoms with Crippen molar-refractivity contribution in [1.29, 1.82) is 0 Å². The summed E-state index contributed by atoms with van der Waals surface area (Å²) in [5.74, 6) is 0.771. The number of piperidine rings is 1. The minimum Gasteiger partial charge on any atom is -0.488 e. The van der Waals surface area contributed by atoms with Crippen LogP contribution in [0.2, 0.25) is 0 Å². The Morgan fingerprint density at radius 1 is 1.19 bits per heavy atom. The standard InChI is InChI=1S/C21H25FN2O2.ClH/c22-18-9-7-17(8-10-18)15-26-20-6-2-1-5-19(20)21(25)24-13-11-16-4-3-12-23-14-16;/h1-2,5-10,16,23H,3-4,11-15H2,(H,24,25);1H. The Hall–Kier alpha value is -2.11. The number of nitrogens with one attached hydrogen (secondary N) is 2. The second-order valence-electron chi connectivity index (χ2n) is 6.67. The molecule has 1 unspecified atom stereocenters. The van der Waals surface area contributed by atoms with Crippen molar-refractivity contribution < 1.29 is 13.9 Å². The van der Waals surface area contributed by atoms with Crippen molar-refractivity contribution in [1.82, 2.24) is 10.6 Å². The molecule has 1 aliphatic rings. The van der Waals surface area contributed by atoms with Gasteiger partial charge in [0.1, 0.15) is 18.2 Å². The molecule has 2 N–H and O–H groups in total. The Kier molecular flexibility index (Phi) is 8.55. The first-order valence-electron chi connectivity index (χ1n) is 9.17. The zero-order chi connectivity index (χ0) is 18.2. The number of para-hydroxylation sites is 1. The molecule has 2 aromatic carbocycles. The monoisotopic (exact) mass is 392 g/mol. The molecule has 0 radical (unpaired) electrons. The molecule has 6 heteroatoms. The summed E-state index contributed by atoms with van der Waals surface area (Å²) in [6.07, 6.45) is 3.41. The normalized spacial score (nSPS) is 16.3. The number of carbonyl (C=O) groups excluding carboxylic acids is 1. The molecule has 1 saturated heterocycles. The number of carbonyl (C=O) groups is 1. The number of halogens is 2. The van der Waals surface area contributed by atoms with E-state index in [2.05, 4.69) is 10.6 Å². The predicted molar refractivity (Wildman–Crippen MR) is 107 cm³/mol. The van der Waals surface area contributed by atoms with Crippen LogP contribution in [0.1, 0.15) is 35.2 Å². The smallest absolute Gasteiger partial charge is 0.255 e. The zero-order valence-corrected chi connectivity index (χ0v) is 16.1. The van der Waals surface area contributed by atoms with E-state index in [1.54, 1.807) is 24.3 Å². The van der Waals surface area contributed by atoms with Gasteiger partial charge in [-0.2, -0.15) is 0 Å². The Morgan fingerprint density at radius 2 is 1.96 bits per heavy atom. The van der Waals surface area contributed by atoms with Gasteiger partial charge in [-0.25, -0.2) is 4.39 Å². The SMILES string of the molecule is Cl.O=C(NCCC1CCCNC1)c1ccccc1OCc1ccc(F)cc1. The van der Waals surface area contributed by atoms with Crippen LogP contribution in [0.4, 0.5) is 4.39 Å². The molecular weight excluding hydrogens is 367 g/mol. The highest BCUT2D eigenvalue weighted by Gasteiger charge is 2.15. The predicted octanol–water partition coefficient (Wildman–Crippen LogP) is 3.95. The molecule has 0 saturated carbocycles. The Bertz CT molecular complexity index is 718. The zero-order valence-electron chi connectivity index (χ0n) is 15.2. The Labute approximate surface area is 165 Å². The van der Waals surface area contributed by atoms with Crippen LogP contribution in [0, 0.1) is 11.7 Å². The summed E-state index contributed by atoms with van der Waals surface area (Å²) in [6.45, 7) is 3.09. The van der Waals surface area contributed by atoms with Crippen LogP contribution >= 0.6 is 12.4 Å². The first-order chi connectivity index (χ1) is 12.7. The fourth-order valence-electron chi connectivity index (χ4n) is 3.18. The third-order valence-electron chi connectivity index (χ3n) is 4.68. The number of hydrogen-bond acceptors (Lipinski definition) is 3. The van der Waals surface area contributed by atoms with Crippen LogP contribution in [-0.4, -0.2) is 25.5 Å². The second-order valence-corrected chi connectivity index (χ2v) is 6.67. The van der Waals surface area contributed by atoms with Crippen molar-refractivity contribution in [2.75, 3.05) is 19.6 Å². The Morgan fingerprint density at radius 3 is 2.70 bits per heavy atom. The molecule has 2 aromatic rings. The first-order valence-corrected chi connectivity index (χ1v) is 9.17. The van der Waals surface area contributed by atoms with E-state index < -0.39 is 0 Å². The summed E-state index contributed by atoms with van der Waals surface area (Å²) in [4.78, 5) is 12.5. The summed E-state index contributed by atoms with van der Waals surface area (Å²) in [6, 6.07) is 13.4. The first kappa shape index (κ1) is 21.2. The summed E-state index contributed by atoms with van der Waals surface area (Å²) < 4.78 is 18.8. The molecule has 1 fully saturated rings. The summed E-state index contributed by atoms with van der Waals surface area (Å²) in [7, 11) is 0. The largest absolute Gasteiger partial charge is 0.488 e. The highest BCUT2D eigenvalue weighted by molar-refractivity contribution is 5.96. The van der Waals surface area contributed by atoms with Crippen molar-refractivity contribution >= 4 is 18.3 Å². The third-order valence-corrected chi connectivity index (χ3v) is 4.68. The maximum absolute atomic E-state index is 13.0. The molecule has 0 aliphatic carbocycles. The number of hydrogen-bond donors (Lipinski definition) is 2. The van der Waals surface area contributed by atoms with Gasteiger partial charge in [0.25, 0.3) is 5.91 Å². The molecule has 1 aliphatic heterocycles. The topological polar surface area (TPSA) is 50.4 Å². The van der Waals surface area contributed by atoms with Gasteiger partial charge >= 0.3 is 0 Å². The van der Waals surface area contributed by atoms with Crippen LogP contribution in [0.15, 0.2) is 48.5 Å². The quantitative estimate of drug-likeness (QED) is 0.750. The fraction of sp³-hybridized carbons (Fsp3) is 0.381. The summed E-state index contributed by atoms with van der Waals surface area (Å²) >= 11 is 0. The van der Waals surface area contributed by atoms with Crippen molar-refractivity contribution in [2.45, 2.75) is 25.9 Å². The van der Waals surface area contributed by atoms with Crippen molar-refractivity contribution in [3.05, 3.63) is 65.5 Å². The molecule has 1 amide bonds. The highest BCUT2D eigenvalue weighted by Crippen LogP contribution is 2.20. The van der Waals surface area contributed by atoms with Crippen molar-refractivity contribution in [3.8, 4) is 5.75 Å². The van der Waals surface area contributed by atoms with Crippen LogP contribution in [0.25, 0.3) is 0 Å². The van der Waals surface area contributed by atoms with E-state index in [-0.39, 0.29) is 30.7 Å². The lowest BCUT2D eigenvalue weighted by Crippen LogP contribution is -2.33. The summed E-state index contributed by atoms with van der Waals surface area (Å²) in [5.41, 5.74) is 1.38. The van der Waals surface area contributed by atoms with E-state index in [4.69, 9.17) is 4.74 Å². The molecule has 27 heavy (non-hydrogen) atoms. The minimum atomic E-state index is -0.276. The molecule has 0 bridgehead atoms. The molecule has 1 heterocycles. The molecule has 146 valence electrons. The van der Waals surface area contributed by atoms with Crippen LogP contribution in [0.5, 0.6) is 5.75 Å². The second kappa shape index (κ2) is 10.9. The van der Waals surface area contributed by atoms with Crippen LogP contribution in [-0.2, 0) is 6.61 Å². The number of rotatable bonds is 7. The fourth-order valence-corrected chi connectivity index (χ4v) is 3.18. The van der Waals surface area contributed by atoms with Gasteiger partial charge in [0.2, 0.25) is 0 Å². The highest BCUT2D eigenvalue weighted by atomic mass is 35.5. The van der Waals surface area contributed by atoms with Crippen molar-refractivity contribution in [2.24, 2.45) is 5.92 Å². The van der Waals surface area contributed by atoms with Gasteiger partial charge in [-0.1, -0.05) is 24.3 Å². The van der Waals surface area contributed by atoms with Gasteiger partial charge in [-0.05, 0) is 68.1 Å². The van der Waals surface area contributed by atoms with E-state index >= 15 is 0 Å². The molecule has 4 nitrogen and oxygen atoms in total. The van der Waals surface area contributed by atoms with Gasteiger partial charge in [0.15, 0.2) is 0 Å². The van der Waals surface area contributed by atoms with Gasteiger partial charge in [0.05, 0.1) is 5.56 Å². The van der Waals surface area contributed by atoms with Crippen LogP contribution in [0.3, 0.4) is 0 Å².